The molecule has 1 N–H and O–H groups in total. The lowest BCUT2D eigenvalue weighted by molar-refractivity contribution is 0.627. The first-order valence-corrected chi connectivity index (χ1v) is 6.93. The van der Waals surface area contributed by atoms with Crippen molar-refractivity contribution in [1.82, 2.24) is 10.3 Å². The second-order valence-corrected chi connectivity index (χ2v) is 5.44. The maximum absolute atomic E-state index is 13.3. The Morgan fingerprint density at radius 2 is 2.17 bits per heavy atom. The molecule has 1 heterocycles. The number of halogens is 1. The van der Waals surface area contributed by atoms with E-state index < -0.39 is 0 Å². The van der Waals surface area contributed by atoms with Gasteiger partial charge in [-0.3, -0.25) is 0 Å². The van der Waals surface area contributed by atoms with Gasteiger partial charge < -0.3 is 5.32 Å². The van der Waals surface area contributed by atoms with E-state index in [4.69, 9.17) is 0 Å². The molecule has 0 bridgehead atoms. The minimum absolute atomic E-state index is 0.203. The topological polar surface area (TPSA) is 24.9 Å². The van der Waals surface area contributed by atoms with Gasteiger partial charge in [-0.25, -0.2) is 9.37 Å². The first-order valence-electron chi connectivity index (χ1n) is 6.12. The molecule has 2 rings (SSSR count). The van der Waals surface area contributed by atoms with Gasteiger partial charge in [-0.05, 0) is 43.7 Å². The Labute approximate surface area is 111 Å². The zero-order chi connectivity index (χ0) is 13.0. The monoisotopic (exact) mass is 264 g/mol. The van der Waals surface area contributed by atoms with Crippen molar-refractivity contribution in [3.63, 3.8) is 0 Å². The van der Waals surface area contributed by atoms with Gasteiger partial charge in [0.1, 0.15) is 10.8 Å². The third-order valence-electron chi connectivity index (χ3n) is 2.57. The van der Waals surface area contributed by atoms with Crippen LogP contribution in [-0.4, -0.2) is 11.5 Å². The molecule has 0 unspecified atom stereocenters. The molecule has 1 aromatic carbocycles. The maximum Gasteiger partial charge on any atom is 0.124 e. The lowest BCUT2D eigenvalue weighted by atomic mass is 10.1. The number of aryl methyl sites for hydroxylation is 1. The Bertz CT molecular complexity index is 502. The van der Waals surface area contributed by atoms with Crippen LogP contribution in [0.5, 0.6) is 0 Å². The standard InChI is InChI=1S/C14H17FN2S/c1-3-4-16-8-13-9-17-14(18-13)11-5-10(2)6-12(15)7-11/h5-7,9,16H,3-4,8H2,1-2H3. The van der Waals surface area contributed by atoms with Gasteiger partial charge in [-0.15, -0.1) is 11.3 Å². The third-order valence-corrected chi connectivity index (χ3v) is 3.62. The molecule has 0 aliphatic heterocycles. The molecule has 1 aromatic heterocycles. The molecule has 4 heteroatoms. The predicted molar refractivity (Wildman–Crippen MR) is 74.2 cm³/mol. The fourth-order valence-corrected chi connectivity index (χ4v) is 2.64. The molecule has 0 fully saturated rings. The van der Waals surface area contributed by atoms with E-state index in [1.807, 2.05) is 19.2 Å². The molecule has 0 atom stereocenters. The Balaban J connectivity index is 2.13. The second-order valence-electron chi connectivity index (χ2n) is 4.33. The van der Waals surface area contributed by atoms with Gasteiger partial charge in [0.25, 0.3) is 0 Å². The Hall–Kier alpha value is -1.26. The van der Waals surface area contributed by atoms with Gasteiger partial charge in [-0.2, -0.15) is 0 Å². The zero-order valence-corrected chi connectivity index (χ0v) is 11.5. The van der Waals surface area contributed by atoms with Gasteiger partial charge in [0, 0.05) is 23.2 Å². The van der Waals surface area contributed by atoms with Gasteiger partial charge in [0.2, 0.25) is 0 Å². The molecule has 2 nitrogen and oxygen atoms in total. The highest BCUT2D eigenvalue weighted by atomic mass is 32.1. The summed E-state index contributed by atoms with van der Waals surface area (Å²) in [6, 6.07) is 5.03. The van der Waals surface area contributed by atoms with Crippen molar-refractivity contribution in [2.24, 2.45) is 0 Å². The fraction of sp³-hybridized carbons (Fsp3) is 0.357. The second kappa shape index (κ2) is 6.07. The lowest BCUT2D eigenvalue weighted by Gasteiger charge is -2.00. The molecule has 0 spiro atoms. The zero-order valence-electron chi connectivity index (χ0n) is 10.7. The van der Waals surface area contributed by atoms with Crippen LogP contribution in [0.2, 0.25) is 0 Å². The van der Waals surface area contributed by atoms with E-state index in [2.05, 4.69) is 17.2 Å². The number of nitrogens with zero attached hydrogens (tertiary/aromatic N) is 1. The number of aromatic nitrogens is 1. The molecule has 2 aromatic rings. The molecular weight excluding hydrogens is 247 g/mol. The number of nitrogens with one attached hydrogen (secondary N) is 1. The van der Waals surface area contributed by atoms with Crippen LogP contribution in [0.25, 0.3) is 10.6 Å². The van der Waals surface area contributed by atoms with Crippen molar-refractivity contribution < 1.29 is 4.39 Å². The summed E-state index contributed by atoms with van der Waals surface area (Å²) in [6.45, 7) is 5.87. The Kier molecular flexibility index (Phi) is 4.44. The van der Waals surface area contributed by atoms with E-state index in [9.17, 15) is 4.39 Å². The van der Waals surface area contributed by atoms with Crippen molar-refractivity contribution in [2.45, 2.75) is 26.8 Å². The van der Waals surface area contributed by atoms with E-state index >= 15 is 0 Å². The quantitative estimate of drug-likeness (QED) is 0.832. The van der Waals surface area contributed by atoms with Gasteiger partial charge >= 0.3 is 0 Å². The lowest BCUT2D eigenvalue weighted by Crippen LogP contribution is -2.12. The Morgan fingerprint density at radius 3 is 2.89 bits per heavy atom. The van der Waals surface area contributed by atoms with E-state index in [1.165, 1.54) is 17.0 Å². The summed E-state index contributed by atoms with van der Waals surface area (Å²) in [7, 11) is 0. The van der Waals surface area contributed by atoms with Crippen molar-refractivity contribution >= 4 is 11.3 Å². The molecule has 0 amide bonds. The number of hydrogen-bond acceptors (Lipinski definition) is 3. The van der Waals surface area contributed by atoms with E-state index in [1.54, 1.807) is 11.3 Å². The van der Waals surface area contributed by atoms with Gasteiger partial charge in [-0.1, -0.05) is 6.92 Å². The molecule has 0 radical (unpaired) electrons. The van der Waals surface area contributed by atoms with Crippen molar-refractivity contribution in [3.05, 3.63) is 40.7 Å². The first kappa shape index (κ1) is 13.2. The molecule has 18 heavy (non-hydrogen) atoms. The SMILES string of the molecule is CCCNCc1cnc(-c2cc(C)cc(F)c2)s1. The minimum atomic E-state index is -0.203. The number of hydrogen-bond donors (Lipinski definition) is 1. The van der Waals surface area contributed by atoms with Crippen LogP contribution in [-0.2, 0) is 6.54 Å². The van der Waals surface area contributed by atoms with Crippen LogP contribution in [0.3, 0.4) is 0 Å². The van der Waals surface area contributed by atoms with E-state index in [-0.39, 0.29) is 5.82 Å². The van der Waals surface area contributed by atoms with Crippen LogP contribution in [0.1, 0.15) is 23.8 Å². The van der Waals surface area contributed by atoms with Crippen LogP contribution in [0.15, 0.2) is 24.4 Å². The van der Waals surface area contributed by atoms with Gasteiger partial charge in [0.15, 0.2) is 0 Å². The molecule has 0 saturated carbocycles. The van der Waals surface area contributed by atoms with E-state index in [0.29, 0.717) is 0 Å². The first-order chi connectivity index (χ1) is 8.69. The highest BCUT2D eigenvalue weighted by Gasteiger charge is 2.06. The van der Waals surface area contributed by atoms with E-state index in [0.717, 1.165) is 35.6 Å². The summed E-state index contributed by atoms with van der Waals surface area (Å²) < 4.78 is 13.3. The number of rotatable bonds is 5. The normalized spacial score (nSPS) is 10.8. The molecular formula is C14H17FN2S. The summed E-state index contributed by atoms with van der Waals surface area (Å²) >= 11 is 1.61. The molecule has 0 saturated heterocycles. The summed E-state index contributed by atoms with van der Waals surface area (Å²) in [4.78, 5) is 5.54. The summed E-state index contributed by atoms with van der Waals surface area (Å²) in [5.41, 5.74) is 1.78. The summed E-state index contributed by atoms with van der Waals surface area (Å²) in [6.07, 6.45) is 2.98. The van der Waals surface area contributed by atoms with Crippen molar-refractivity contribution in [3.8, 4) is 10.6 Å². The van der Waals surface area contributed by atoms with Crippen LogP contribution < -0.4 is 5.32 Å². The smallest absolute Gasteiger partial charge is 0.124 e. The predicted octanol–water partition coefficient (Wildman–Crippen LogP) is 3.76. The van der Waals surface area contributed by atoms with Crippen LogP contribution in [0, 0.1) is 12.7 Å². The van der Waals surface area contributed by atoms with Gasteiger partial charge in [0.05, 0.1) is 0 Å². The minimum Gasteiger partial charge on any atom is -0.312 e. The average Bonchev–Trinajstić information content (AvgIpc) is 2.77. The largest absolute Gasteiger partial charge is 0.312 e. The molecule has 0 aliphatic carbocycles. The third kappa shape index (κ3) is 3.37. The molecule has 96 valence electrons. The van der Waals surface area contributed by atoms with Crippen molar-refractivity contribution in [1.29, 1.82) is 0 Å². The van der Waals surface area contributed by atoms with Crippen molar-refractivity contribution in [2.75, 3.05) is 6.54 Å². The van der Waals surface area contributed by atoms with Crippen LogP contribution >= 0.6 is 11.3 Å². The number of benzene rings is 1. The fourth-order valence-electron chi connectivity index (χ4n) is 1.77. The summed E-state index contributed by atoms with van der Waals surface area (Å²) in [5, 5.41) is 4.22. The highest BCUT2D eigenvalue weighted by molar-refractivity contribution is 7.15. The molecule has 0 aliphatic rings. The highest BCUT2D eigenvalue weighted by Crippen LogP contribution is 2.26. The average molecular weight is 264 g/mol. The Morgan fingerprint density at radius 1 is 1.33 bits per heavy atom. The summed E-state index contributed by atoms with van der Waals surface area (Å²) in [5.74, 6) is -0.203. The number of thiazole rings is 1. The van der Waals surface area contributed by atoms with Crippen LogP contribution in [0.4, 0.5) is 4.39 Å². The maximum atomic E-state index is 13.3.